The van der Waals surface area contributed by atoms with Crippen LogP contribution in [0.4, 0.5) is 0 Å². The first-order valence-electron chi connectivity index (χ1n) is 9.86. The Hall–Kier alpha value is -3.19. The number of aromatic nitrogens is 1. The molecule has 1 aromatic heterocycles. The van der Waals surface area contributed by atoms with Gasteiger partial charge in [-0.05, 0) is 75.8 Å². The van der Waals surface area contributed by atoms with Crippen LogP contribution >= 0.6 is 0 Å². The number of carbonyl (C=O) groups excluding carboxylic acids is 2. The van der Waals surface area contributed by atoms with Crippen molar-refractivity contribution in [1.82, 2.24) is 14.8 Å². The molecule has 0 spiro atoms. The van der Waals surface area contributed by atoms with Crippen molar-refractivity contribution in [3.8, 4) is 5.75 Å². The molecule has 1 fully saturated rings. The number of aliphatic hydroxyl groups excluding tert-OH is 1. The van der Waals surface area contributed by atoms with Gasteiger partial charge in [-0.25, -0.2) is 0 Å². The summed E-state index contributed by atoms with van der Waals surface area (Å²) < 4.78 is 0. The first-order valence-corrected chi connectivity index (χ1v) is 9.86. The van der Waals surface area contributed by atoms with Gasteiger partial charge in [0.1, 0.15) is 11.5 Å². The molecule has 0 bridgehead atoms. The number of aryl methyl sites for hydroxylation is 2. The Balaban J connectivity index is 2.13. The van der Waals surface area contributed by atoms with E-state index in [-0.39, 0.29) is 22.6 Å². The number of ketones is 1. The van der Waals surface area contributed by atoms with Gasteiger partial charge in [-0.2, -0.15) is 0 Å². The molecule has 30 heavy (non-hydrogen) atoms. The van der Waals surface area contributed by atoms with E-state index in [0.717, 1.165) is 17.7 Å². The number of phenolic OH excluding ortho intramolecular Hbond substituents is 1. The lowest BCUT2D eigenvalue weighted by atomic mass is 9.94. The van der Waals surface area contributed by atoms with Crippen molar-refractivity contribution in [3.05, 3.63) is 64.5 Å². The highest BCUT2D eigenvalue weighted by atomic mass is 16.3. The molecule has 158 valence electrons. The van der Waals surface area contributed by atoms with E-state index >= 15 is 0 Å². The molecule has 0 aliphatic carbocycles. The number of phenols is 1. The SMILES string of the molecule is Cc1cc(O)c(/C(O)=C2/C(=O)C(=O)N(CCCN(C)C)C2c2cccnc2)cc1C. The summed E-state index contributed by atoms with van der Waals surface area (Å²) in [5.74, 6) is -1.94. The van der Waals surface area contributed by atoms with Crippen molar-refractivity contribution >= 4 is 17.4 Å². The largest absolute Gasteiger partial charge is 0.507 e. The Bertz CT molecular complexity index is 999. The van der Waals surface area contributed by atoms with Crippen LogP contribution in [0.5, 0.6) is 5.75 Å². The molecule has 2 heterocycles. The maximum Gasteiger partial charge on any atom is 0.295 e. The number of carbonyl (C=O) groups is 2. The number of rotatable bonds is 6. The zero-order valence-corrected chi connectivity index (χ0v) is 17.7. The Labute approximate surface area is 176 Å². The Morgan fingerprint density at radius 1 is 1.20 bits per heavy atom. The molecular weight excluding hydrogens is 382 g/mol. The molecule has 7 nitrogen and oxygen atoms in total. The van der Waals surface area contributed by atoms with Crippen LogP contribution in [-0.4, -0.2) is 63.9 Å². The number of nitrogens with zero attached hydrogens (tertiary/aromatic N) is 3. The van der Waals surface area contributed by atoms with E-state index in [0.29, 0.717) is 18.5 Å². The Kier molecular flexibility index (Phi) is 6.22. The van der Waals surface area contributed by atoms with Crippen molar-refractivity contribution in [2.24, 2.45) is 0 Å². The molecule has 3 rings (SSSR count). The van der Waals surface area contributed by atoms with Crippen molar-refractivity contribution < 1.29 is 19.8 Å². The normalized spacial score (nSPS) is 18.4. The molecule has 1 aromatic carbocycles. The van der Waals surface area contributed by atoms with E-state index in [1.807, 2.05) is 32.8 Å². The summed E-state index contributed by atoms with van der Waals surface area (Å²) in [6, 6.07) is 5.90. The lowest BCUT2D eigenvalue weighted by molar-refractivity contribution is -0.139. The second-order valence-electron chi connectivity index (χ2n) is 7.89. The first kappa shape index (κ1) is 21.5. The summed E-state index contributed by atoms with van der Waals surface area (Å²) in [7, 11) is 3.88. The Morgan fingerprint density at radius 2 is 1.90 bits per heavy atom. The molecule has 1 saturated heterocycles. The second kappa shape index (κ2) is 8.67. The predicted octanol–water partition coefficient (Wildman–Crippen LogP) is 2.78. The van der Waals surface area contributed by atoms with Crippen LogP contribution in [0.15, 0.2) is 42.2 Å². The quantitative estimate of drug-likeness (QED) is 0.433. The van der Waals surface area contributed by atoms with Crippen LogP contribution < -0.4 is 0 Å². The highest BCUT2D eigenvalue weighted by Crippen LogP contribution is 2.41. The van der Waals surface area contributed by atoms with E-state index in [2.05, 4.69) is 4.98 Å². The van der Waals surface area contributed by atoms with Crippen LogP contribution in [-0.2, 0) is 9.59 Å². The van der Waals surface area contributed by atoms with Crippen molar-refractivity contribution in [2.75, 3.05) is 27.2 Å². The molecule has 1 amide bonds. The van der Waals surface area contributed by atoms with Crippen LogP contribution in [0.3, 0.4) is 0 Å². The second-order valence-corrected chi connectivity index (χ2v) is 7.89. The summed E-state index contributed by atoms with van der Waals surface area (Å²) in [4.78, 5) is 33.4. The number of likely N-dealkylation sites (tertiary alicyclic amines) is 1. The number of aromatic hydroxyl groups is 1. The third-order valence-electron chi connectivity index (χ3n) is 5.41. The molecule has 0 radical (unpaired) electrons. The van der Waals surface area contributed by atoms with Gasteiger partial charge in [0.15, 0.2) is 0 Å². The average Bonchev–Trinajstić information content (AvgIpc) is 2.95. The van der Waals surface area contributed by atoms with Gasteiger partial charge in [-0.3, -0.25) is 14.6 Å². The van der Waals surface area contributed by atoms with Gasteiger partial charge in [-0.15, -0.1) is 0 Å². The van der Waals surface area contributed by atoms with Gasteiger partial charge in [0.2, 0.25) is 0 Å². The highest BCUT2D eigenvalue weighted by Gasteiger charge is 2.46. The highest BCUT2D eigenvalue weighted by molar-refractivity contribution is 6.46. The van der Waals surface area contributed by atoms with Gasteiger partial charge in [0.25, 0.3) is 11.7 Å². The molecule has 1 aliphatic heterocycles. The zero-order valence-electron chi connectivity index (χ0n) is 17.7. The number of hydrogen-bond acceptors (Lipinski definition) is 6. The van der Waals surface area contributed by atoms with Crippen molar-refractivity contribution in [3.63, 3.8) is 0 Å². The maximum atomic E-state index is 13.0. The number of amides is 1. The summed E-state index contributed by atoms with van der Waals surface area (Å²) >= 11 is 0. The summed E-state index contributed by atoms with van der Waals surface area (Å²) in [5.41, 5.74) is 2.45. The van der Waals surface area contributed by atoms with E-state index in [1.165, 1.54) is 11.0 Å². The van der Waals surface area contributed by atoms with E-state index < -0.39 is 17.7 Å². The van der Waals surface area contributed by atoms with Crippen LogP contribution in [0.1, 0.15) is 34.7 Å². The molecule has 1 unspecified atom stereocenters. The van der Waals surface area contributed by atoms with E-state index in [9.17, 15) is 19.8 Å². The fourth-order valence-corrected chi connectivity index (χ4v) is 3.69. The molecule has 2 N–H and O–H groups in total. The summed E-state index contributed by atoms with van der Waals surface area (Å²) in [6.45, 7) is 4.81. The predicted molar refractivity (Wildman–Crippen MR) is 114 cm³/mol. The minimum Gasteiger partial charge on any atom is -0.507 e. The summed E-state index contributed by atoms with van der Waals surface area (Å²) in [6.07, 6.45) is 3.87. The number of pyridine rings is 1. The fourth-order valence-electron chi connectivity index (χ4n) is 3.69. The third kappa shape index (κ3) is 4.07. The minimum atomic E-state index is -0.762. The molecular formula is C23H27N3O4. The maximum absolute atomic E-state index is 13.0. The van der Waals surface area contributed by atoms with Crippen molar-refractivity contribution in [1.29, 1.82) is 0 Å². The molecule has 1 aliphatic rings. The molecule has 0 saturated carbocycles. The fraction of sp³-hybridized carbons (Fsp3) is 0.348. The molecule has 1 atom stereocenters. The lowest BCUT2D eigenvalue weighted by Gasteiger charge is -2.25. The standard InChI is InChI=1S/C23H27N3O4/c1-14-11-17(18(27)12-15(14)2)21(28)19-20(16-7-5-8-24-13-16)26(23(30)22(19)29)10-6-9-25(3)4/h5,7-8,11-13,20,27-28H,6,9-10H2,1-4H3/b21-19-. The Morgan fingerprint density at radius 3 is 2.53 bits per heavy atom. The summed E-state index contributed by atoms with van der Waals surface area (Å²) in [5, 5.41) is 21.5. The van der Waals surface area contributed by atoms with Crippen LogP contribution in [0.2, 0.25) is 0 Å². The topological polar surface area (TPSA) is 94.0 Å². The smallest absolute Gasteiger partial charge is 0.295 e. The third-order valence-corrected chi connectivity index (χ3v) is 5.41. The monoisotopic (exact) mass is 409 g/mol. The van der Waals surface area contributed by atoms with Gasteiger partial charge in [-0.1, -0.05) is 6.07 Å². The average molecular weight is 409 g/mol. The lowest BCUT2D eigenvalue weighted by Crippen LogP contribution is -2.32. The van der Waals surface area contributed by atoms with Crippen LogP contribution in [0, 0.1) is 13.8 Å². The molecule has 7 heteroatoms. The van der Waals surface area contributed by atoms with Crippen LogP contribution in [0.25, 0.3) is 5.76 Å². The van der Waals surface area contributed by atoms with E-state index in [1.54, 1.807) is 30.6 Å². The number of Topliss-reactive ketones (excluding diaryl/α,β-unsaturated/α-hetero) is 1. The number of aliphatic hydroxyl groups is 1. The van der Waals surface area contributed by atoms with Gasteiger partial charge in [0, 0.05) is 18.9 Å². The molecule has 2 aromatic rings. The number of benzene rings is 1. The zero-order chi connectivity index (χ0) is 22.0. The number of hydrogen-bond donors (Lipinski definition) is 2. The van der Waals surface area contributed by atoms with Gasteiger partial charge >= 0.3 is 0 Å². The van der Waals surface area contributed by atoms with E-state index in [4.69, 9.17) is 0 Å². The van der Waals surface area contributed by atoms with Gasteiger partial charge < -0.3 is 20.0 Å². The van der Waals surface area contributed by atoms with Gasteiger partial charge in [0.05, 0.1) is 17.2 Å². The minimum absolute atomic E-state index is 0.0311. The first-order chi connectivity index (χ1) is 14.2. The van der Waals surface area contributed by atoms with Crippen molar-refractivity contribution in [2.45, 2.75) is 26.3 Å².